The smallest absolute Gasteiger partial charge is 0.436 e. The molecular weight excluding hydrogens is 330 g/mol. The van der Waals surface area contributed by atoms with Gasteiger partial charge in [-0.15, -0.1) is 4.73 Å². The Labute approximate surface area is 143 Å². The standard InChI is InChI=1S/C16H19N3O6/c1-16(2,3)24-14(22)17-10-4-6-11(7-5-10)18-15(23)25-19-12(20)8-9-13(19)21/h4-9,20-21H,1-3H3,(H,17,22)(H,18,23). The second-order valence-electron chi connectivity index (χ2n) is 6.05. The molecule has 0 aliphatic carbocycles. The van der Waals surface area contributed by atoms with E-state index in [4.69, 9.17) is 9.57 Å². The zero-order valence-corrected chi connectivity index (χ0v) is 13.9. The number of carbonyl (C=O) groups excluding carboxylic acids is 2. The monoisotopic (exact) mass is 349 g/mol. The normalized spacial score (nSPS) is 10.8. The minimum atomic E-state index is -0.922. The van der Waals surface area contributed by atoms with E-state index >= 15 is 0 Å². The Bertz CT molecular complexity index is 742. The van der Waals surface area contributed by atoms with Crippen molar-refractivity contribution in [2.75, 3.05) is 10.6 Å². The minimum absolute atomic E-state index is 0.380. The maximum absolute atomic E-state index is 11.7. The molecule has 9 nitrogen and oxygen atoms in total. The SMILES string of the molecule is CC(C)(C)OC(=O)Nc1ccc(NC(=O)On2c(O)ccc2O)cc1. The van der Waals surface area contributed by atoms with Crippen LogP contribution in [0.5, 0.6) is 11.8 Å². The highest BCUT2D eigenvalue weighted by Crippen LogP contribution is 2.19. The van der Waals surface area contributed by atoms with Gasteiger partial charge >= 0.3 is 12.2 Å². The molecule has 1 aromatic carbocycles. The van der Waals surface area contributed by atoms with Crippen LogP contribution in [0.15, 0.2) is 36.4 Å². The summed E-state index contributed by atoms with van der Waals surface area (Å²) in [5.74, 6) is -0.853. The first-order valence-corrected chi connectivity index (χ1v) is 7.33. The summed E-state index contributed by atoms with van der Waals surface area (Å²) in [7, 11) is 0. The number of carbonyl (C=O) groups is 2. The first-order chi connectivity index (χ1) is 11.6. The summed E-state index contributed by atoms with van der Waals surface area (Å²) in [5, 5.41) is 23.7. The zero-order valence-electron chi connectivity index (χ0n) is 13.9. The molecule has 4 N–H and O–H groups in total. The maximum Gasteiger partial charge on any atom is 0.436 e. The maximum atomic E-state index is 11.7. The van der Waals surface area contributed by atoms with Crippen molar-refractivity contribution in [3.8, 4) is 11.8 Å². The van der Waals surface area contributed by atoms with Crippen molar-refractivity contribution in [2.45, 2.75) is 26.4 Å². The number of hydrogen-bond acceptors (Lipinski definition) is 6. The molecule has 1 heterocycles. The van der Waals surface area contributed by atoms with E-state index in [9.17, 15) is 19.8 Å². The Morgan fingerprint density at radius 1 is 0.880 bits per heavy atom. The van der Waals surface area contributed by atoms with Gasteiger partial charge in [0.2, 0.25) is 11.8 Å². The average Bonchev–Trinajstić information content (AvgIpc) is 2.79. The van der Waals surface area contributed by atoms with Crippen LogP contribution in [0, 0.1) is 0 Å². The molecule has 0 radical (unpaired) electrons. The summed E-state index contributed by atoms with van der Waals surface area (Å²) in [6, 6.07) is 8.51. The van der Waals surface area contributed by atoms with Crippen molar-refractivity contribution < 1.29 is 29.4 Å². The third-order valence-electron chi connectivity index (χ3n) is 2.75. The number of aromatic hydroxyl groups is 2. The van der Waals surface area contributed by atoms with Gasteiger partial charge in [-0.25, -0.2) is 9.59 Å². The van der Waals surface area contributed by atoms with Crippen LogP contribution in [0.2, 0.25) is 0 Å². The van der Waals surface area contributed by atoms with Crippen molar-refractivity contribution in [2.24, 2.45) is 0 Å². The number of rotatable bonds is 3. The van der Waals surface area contributed by atoms with E-state index in [0.717, 1.165) is 0 Å². The lowest BCUT2D eigenvalue weighted by Gasteiger charge is -2.19. The Balaban J connectivity index is 1.92. The summed E-state index contributed by atoms with van der Waals surface area (Å²) in [6.07, 6.45) is -1.51. The van der Waals surface area contributed by atoms with Crippen molar-refractivity contribution in [1.29, 1.82) is 0 Å². The predicted octanol–water partition coefficient (Wildman–Crippen LogP) is 2.91. The molecule has 0 aliphatic heterocycles. The van der Waals surface area contributed by atoms with E-state index in [2.05, 4.69) is 10.6 Å². The predicted molar refractivity (Wildman–Crippen MR) is 89.7 cm³/mol. The highest BCUT2D eigenvalue weighted by atomic mass is 16.7. The van der Waals surface area contributed by atoms with Crippen LogP contribution >= 0.6 is 0 Å². The quantitative estimate of drug-likeness (QED) is 0.676. The van der Waals surface area contributed by atoms with Gasteiger partial charge in [-0.2, -0.15) is 0 Å². The molecule has 0 atom stereocenters. The van der Waals surface area contributed by atoms with Gasteiger partial charge in [-0.05, 0) is 45.0 Å². The van der Waals surface area contributed by atoms with Crippen LogP contribution in [0.4, 0.5) is 21.0 Å². The van der Waals surface area contributed by atoms with Gasteiger partial charge in [0.15, 0.2) is 0 Å². The topological polar surface area (TPSA) is 122 Å². The van der Waals surface area contributed by atoms with E-state index in [-0.39, 0.29) is 0 Å². The number of hydrogen-bond donors (Lipinski definition) is 4. The number of anilines is 2. The van der Waals surface area contributed by atoms with Gasteiger partial charge in [-0.1, -0.05) is 0 Å². The number of aromatic nitrogens is 1. The largest absolute Gasteiger partial charge is 0.492 e. The van der Waals surface area contributed by atoms with Gasteiger partial charge < -0.3 is 19.8 Å². The second kappa shape index (κ2) is 7.04. The second-order valence-corrected chi connectivity index (χ2v) is 6.05. The molecule has 134 valence electrons. The van der Waals surface area contributed by atoms with Crippen LogP contribution in [0.3, 0.4) is 0 Å². The van der Waals surface area contributed by atoms with Crippen LogP contribution in [-0.2, 0) is 4.74 Å². The van der Waals surface area contributed by atoms with E-state index < -0.39 is 29.5 Å². The Morgan fingerprint density at radius 3 is 1.76 bits per heavy atom. The summed E-state index contributed by atoms with van der Waals surface area (Å²) >= 11 is 0. The fourth-order valence-electron chi connectivity index (χ4n) is 1.78. The van der Waals surface area contributed by atoms with Crippen molar-refractivity contribution in [3.05, 3.63) is 36.4 Å². The van der Waals surface area contributed by atoms with Crippen molar-refractivity contribution in [3.63, 3.8) is 0 Å². The zero-order chi connectivity index (χ0) is 18.6. The molecule has 0 saturated heterocycles. The number of nitrogens with zero attached hydrogens (tertiary/aromatic N) is 1. The van der Waals surface area contributed by atoms with E-state index in [1.165, 1.54) is 24.3 Å². The molecule has 9 heteroatoms. The van der Waals surface area contributed by atoms with E-state index in [0.29, 0.717) is 16.1 Å². The number of amides is 2. The molecular formula is C16H19N3O6. The molecule has 0 saturated carbocycles. The Kier molecular flexibility index (Phi) is 5.06. The lowest BCUT2D eigenvalue weighted by atomic mass is 10.2. The average molecular weight is 349 g/mol. The molecule has 2 aromatic rings. The molecule has 0 aliphatic rings. The van der Waals surface area contributed by atoms with Crippen LogP contribution in [0.1, 0.15) is 20.8 Å². The van der Waals surface area contributed by atoms with Gasteiger partial charge in [0.25, 0.3) is 0 Å². The summed E-state index contributed by atoms with van der Waals surface area (Å²) in [4.78, 5) is 28.1. The highest BCUT2D eigenvalue weighted by Gasteiger charge is 2.16. The first kappa shape index (κ1) is 18.0. The Morgan fingerprint density at radius 2 is 1.32 bits per heavy atom. The molecule has 0 bridgehead atoms. The Hall–Kier alpha value is -3.36. The minimum Gasteiger partial charge on any atom is -0.492 e. The fourth-order valence-corrected chi connectivity index (χ4v) is 1.78. The lowest BCUT2D eigenvalue weighted by molar-refractivity contribution is 0.0636. The summed E-state index contributed by atoms with van der Waals surface area (Å²) in [5.41, 5.74) is 0.255. The molecule has 2 amide bonds. The molecule has 0 unspecified atom stereocenters. The van der Waals surface area contributed by atoms with E-state index in [1.54, 1.807) is 32.9 Å². The van der Waals surface area contributed by atoms with Crippen molar-refractivity contribution in [1.82, 2.24) is 4.73 Å². The molecule has 2 rings (SSSR count). The van der Waals surface area contributed by atoms with Crippen LogP contribution < -0.4 is 15.5 Å². The number of ether oxygens (including phenoxy) is 1. The van der Waals surface area contributed by atoms with Gasteiger partial charge in [0, 0.05) is 23.5 Å². The highest BCUT2D eigenvalue weighted by molar-refractivity contribution is 5.87. The molecule has 1 aromatic heterocycles. The third-order valence-corrected chi connectivity index (χ3v) is 2.75. The molecule has 0 fully saturated rings. The van der Waals surface area contributed by atoms with Gasteiger partial charge in [0.05, 0.1) is 0 Å². The lowest BCUT2D eigenvalue weighted by Crippen LogP contribution is -2.27. The number of nitrogens with one attached hydrogen (secondary N) is 2. The van der Waals surface area contributed by atoms with Crippen molar-refractivity contribution >= 4 is 23.6 Å². The fraction of sp³-hybridized carbons (Fsp3) is 0.250. The number of benzene rings is 1. The first-order valence-electron chi connectivity index (χ1n) is 7.33. The third kappa shape index (κ3) is 5.34. The molecule has 0 spiro atoms. The van der Waals surface area contributed by atoms with Gasteiger partial charge in [0.1, 0.15) is 5.60 Å². The van der Waals surface area contributed by atoms with E-state index in [1.807, 2.05) is 0 Å². The van der Waals surface area contributed by atoms with Gasteiger partial charge in [-0.3, -0.25) is 10.6 Å². The molecule has 25 heavy (non-hydrogen) atoms. The van der Waals surface area contributed by atoms with Crippen LogP contribution in [-0.4, -0.2) is 32.7 Å². The van der Waals surface area contributed by atoms with Crippen LogP contribution in [0.25, 0.3) is 0 Å². The summed E-state index contributed by atoms with van der Waals surface area (Å²) < 4.78 is 5.69. The summed E-state index contributed by atoms with van der Waals surface area (Å²) in [6.45, 7) is 5.27.